The summed E-state index contributed by atoms with van der Waals surface area (Å²) in [6, 6.07) is 4.15. The first kappa shape index (κ1) is 16.2. The Labute approximate surface area is 124 Å². The molecular weight excluding hydrogens is 316 g/mol. The average molecular weight is 334 g/mol. The highest BCUT2D eigenvalue weighted by molar-refractivity contribution is 7.93. The Morgan fingerprint density at radius 2 is 1.81 bits per heavy atom. The Kier molecular flexibility index (Phi) is 4.57. The number of benzene rings is 1. The van der Waals surface area contributed by atoms with Crippen molar-refractivity contribution < 1.29 is 21.6 Å². The number of anilines is 1. The lowest BCUT2D eigenvalue weighted by atomic mass is 10.2. The van der Waals surface area contributed by atoms with Crippen molar-refractivity contribution in [3.63, 3.8) is 0 Å². The minimum atomic E-state index is -3.81. The molecule has 3 N–H and O–H groups in total. The number of ether oxygens (including phenoxy) is 1. The predicted octanol–water partition coefficient (Wildman–Crippen LogP) is 0.563. The van der Waals surface area contributed by atoms with E-state index in [9.17, 15) is 16.8 Å². The van der Waals surface area contributed by atoms with Gasteiger partial charge >= 0.3 is 0 Å². The van der Waals surface area contributed by atoms with Crippen molar-refractivity contribution in [2.75, 3.05) is 17.9 Å². The van der Waals surface area contributed by atoms with Crippen LogP contribution in [0, 0.1) is 6.92 Å². The van der Waals surface area contributed by atoms with Crippen LogP contribution in [-0.2, 0) is 24.8 Å². The van der Waals surface area contributed by atoms with E-state index in [1.807, 2.05) is 0 Å². The van der Waals surface area contributed by atoms with Crippen LogP contribution in [0.4, 0.5) is 5.69 Å². The van der Waals surface area contributed by atoms with Gasteiger partial charge in [0, 0.05) is 18.9 Å². The number of nitrogens with two attached hydrogens (primary N) is 1. The van der Waals surface area contributed by atoms with E-state index in [-0.39, 0.29) is 4.90 Å². The van der Waals surface area contributed by atoms with Crippen molar-refractivity contribution in [3.05, 3.63) is 23.8 Å². The Balaban J connectivity index is 2.22. The molecule has 0 spiro atoms. The second kappa shape index (κ2) is 5.91. The lowest BCUT2D eigenvalue weighted by Gasteiger charge is -2.23. The quantitative estimate of drug-likeness (QED) is 0.835. The summed E-state index contributed by atoms with van der Waals surface area (Å²) in [5, 5.41) is 4.58. The molecule has 7 nitrogen and oxygen atoms in total. The van der Waals surface area contributed by atoms with Gasteiger partial charge in [-0.3, -0.25) is 4.72 Å². The Hall–Kier alpha value is -1.16. The molecule has 118 valence electrons. The lowest BCUT2D eigenvalue weighted by molar-refractivity contribution is 0.0984. The van der Waals surface area contributed by atoms with E-state index < -0.39 is 25.3 Å². The van der Waals surface area contributed by atoms with Crippen LogP contribution in [0.1, 0.15) is 18.4 Å². The number of hydrogen-bond acceptors (Lipinski definition) is 5. The van der Waals surface area contributed by atoms with Gasteiger partial charge in [0.1, 0.15) is 0 Å². The SMILES string of the molecule is Cc1cc(NS(=O)(=O)C2CCOCC2)ccc1S(N)(=O)=O. The second-order valence-electron chi connectivity index (χ2n) is 4.98. The third-order valence-electron chi connectivity index (χ3n) is 3.35. The molecule has 1 aromatic rings. The molecule has 1 aromatic carbocycles. The van der Waals surface area contributed by atoms with Gasteiger partial charge < -0.3 is 4.74 Å². The third-order valence-corrected chi connectivity index (χ3v) is 6.29. The molecule has 0 radical (unpaired) electrons. The van der Waals surface area contributed by atoms with Gasteiger partial charge in [-0.2, -0.15) is 0 Å². The summed E-state index contributed by atoms with van der Waals surface area (Å²) in [6.07, 6.45) is 0.896. The minimum absolute atomic E-state index is 0.0171. The molecule has 0 unspecified atom stereocenters. The van der Waals surface area contributed by atoms with Crippen molar-refractivity contribution in [2.45, 2.75) is 29.9 Å². The van der Waals surface area contributed by atoms with Crippen LogP contribution in [0.3, 0.4) is 0 Å². The highest BCUT2D eigenvalue weighted by Crippen LogP contribution is 2.22. The van der Waals surface area contributed by atoms with Gasteiger partial charge in [-0.15, -0.1) is 0 Å². The van der Waals surface area contributed by atoms with E-state index in [0.717, 1.165) is 0 Å². The van der Waals surface area contributed by atoms with Gasteiger partial charge in [0.2, 0.25) is 20.0 Å². The van der Waals surface area contributed by atoms with Crippen LogP contribution >= 0.6 is 0 Å². The van der Waals surface area contributed by atoms with E-state index in [1.54, 1.807) is 6.92 Å². The number of sulfonamides is 2. The molecule has 1 aliphatic rings. The van der Waals surface area contributed by atoms with Gasteiger partial charge in [-0.25, -0.2) is 22.0 Å². The van der Waals surface area contributed by atoms with Gasteiger partial charge in [0.25, 0.3) is 0 Å². The molecule has 0 atom stereocenters. The fraction of sp³-hybridized carbons (Fsp3) is 0.500. The second-order valence-corrected chi connectivity index (χ2v) is 8.47. The normalized spacial score (nSPS) is 17.6. The first-order valence-corrected chi connectivity index (χ1v) is 9.52. The van der Waals surface area contributed by atoms with Crippen LogP contribution < -0.4 is 9.86 Å². The number of hydrogen-bond donors (Lipinski definition) is 2. The molecule has 1 aliphatic heterocycles. The van der Waals surface area contributed by atoms with Crippen LogP contribution in [0.25, 0.3) is 0 Å². The Morgan fingerprint density at radius 3 is 2.33 bits per heavy atom. The van der Waals surface area contributed by atoms with Crippen LogP contribution in [0.15, 0.2) is 23.1 Å². The molecule has 9 heteroatoms. The molecule has 1 saturated heterocycles. The smallest absolute Gasteiger partial charge is 0.238 e. The molecule has 0 aliphatic carbocycles. The van der Waals surface area contributed by atoms with E-state index in [2.05, 4.69) is 4.72 Å². The van der Waals surface area contributed by atoms with Crippen molar-refractivity contribution in [2.24, 2.45) is 5.14 Å². The summed E-state index contributed by atoms with van der Waals surface area (Å²) >= 11 is 0. The van der Waals surface area contributed by atoms with E-state index in [4.69, 9.17) is 9.88 Å². The predicted molar refractivity (Wildman–Crippen MR) is 78.9 cm³/mol. The average Bonchev–Trinajstić information content (AvgIpc) is 2.37. The molecular formula is C12H18N2O5S2. The van der Waals surface area contributed by atoms with Gasteiger partial charge in [0.15, 0.2) is 0 Å². The highest BCUT2D eigenvalue weighted by atomic mass is 32.2. The van der Waals surface area contributed by atoms with E-state index in [1.165, 1.54) is 18.2 Å². The molecule has 0 bridgehead atoms. The van der Waals surface area contributed by atoms with Crippen LogP contribution in [-0.4, -0.2) is 35.3 Å². The fourth-order valence-corrected chi connectivity index (χ4v) is 4.47. The topological polar surface area (TPSA) is 116 Å². The maximum atomic E-state index is 12.2. The summed E-state index contributed by atoms with van der Waals surface area (Å²) in [5.41, 5.74) is 0.719. The number of aryl methyl sites for hydroxylation is 1. The van der Waals surface area contributed by atoms with Gasteiger partial charge in [-0.05, 0) is 43.5 Å². The largest absolute Gasteiger partial charge is 0.381 e. The first-order chi connectivity index (χ1) is 9.70. The number of nitrogens with one attached hydrogen (secondary N) is 1. The van der Waals surface area contributed by atoms with Gasteiger partial charge in [-0.1, -0.05) is 0 Å². The standard InChI is InChI=1S/C12H18N2O5S2/c1-9-8-10(2-3-12(9)20(13,15)16)14-21(17,18)11-4-6-19-7-5-11/h2-3,8,11,14H,4-7H2,1H3,(H2,13,15,16). The van der Waals surface area contributed by atoms with Crippen LogP contribution in [0.5, 0.6) is 0 Å². The van der Waals surface area contributed by atoms with Gasteiger partial charge in [0.05, 0.1) is 10.1 Å². The summed E-state index contributed by atoms with van der Waals surface area (Å²) in [4.78, 5) is -0.0171. The number of rotatable bonds is 4. The zero-order valence-corrected chi connectivity index (χ0v) is 13.2. The summed E-state index contributed by atoms with van der Waals surface area (Å²) < 4.78 is 54.8. The molecule has 1 fully saturated rings. The zero-order valence-electron chi connectivity index (χ0n) is 11.6. The van der Waals surface area contributed by atoms with E-state index in [0.29, 0.717) is 37.3 Å². The zero-order chi connectivity index (χ0) is 15.7. The monoisotopic (exact) mass is 334 g/mol. The van der Waals surface area contributed by atoms with Crippen LogP contribution in [0.2, 0.25) is 0 Å². The highest BCUT2D eigenvalue weighted by Gasteiger charge is 2.27. The molecule has 21 heavy (non-hydrogen) atoms. The first-order valence-electron chi connectivity index (χ1n) is 6.43. The summed E-state index contributed by atoms with van der Waals surface area (Å²) in [5.74, 6) is 0. The van der Waals surface area contributed by atoms with Crippen molar-refractivity contribution in [3.8, 4) is 0 Å². The van der Waals surface area contributed by atoms with E-state index >= 15 is 0 Å². The molecule has 2 rings (SSSR count). The molecule has 1 heterocycles. The minimum Gasteiger partial charge on any atom is -0.381 e. The molecule has 0 aromatic heterocycles. The summed E-state index contributed by atoms with van der Waals surface area (Å²) in [6.45, 7) is 2.41. The maximum Gasteiger partial charge on any atom is 0.238 e. The number of primary sulfonamides is 1. The molecule has 0 saturated carbocycles. The van der Waals surface area contributed by atoms with Crippen molar-refractivity contribution in [1.82, 2.24) is 0 Å². The molecule has 0 amide bonds. The lowest BCUT2D eigenvalue weighted by Crippen LogP contribution is -2.33. The summed E-state index contributed by atoms with van der Waals surface area (Å²) in [7, 11) is -7.32. The maximum absolute atomic E-state index is 12.2. The Morgan fingerprint density at radius 1 is 1.19 bits per heavy atom. The van der Waals surface area contributed by atoms with Crippen molar-refractivity contribution >= 4 is 25.7 Å². The third kappa shape index (κ3) is 3.94. The fourth-order valence-electron chi connectivity index (χ4n) is 2.27. The van der Waals surface area contributed by atoms with Crippen molar-refractivity contribution in [1.29, 1.82) is 0 Å². The Bertz CT molecular complexity index is 722.